The molecule has 142 valence electrons. The number of aromatic nitrogens is 1. The van der Waals surface area contributed by atoms with Crippen LogP contribution in [0.5, 0.6) is 0 Å². The Hall–Kier alpha value is -2.40. The molecule has 1 aliphatic rings. The summed E-state index contributed by atoms with van der Waals surface area (Å²) in [6.07, 6.45) is 5.34. The van der Waals surface area contributed by atoms with Crippen molar-refractivity contribution in [2.24, 2.45) is 5.41 Å². The summed E-state index contributed by atoms with van der Waals surface area (Å²) < 4.78 is 0. The molecule has 1 N–H and O–H groups in total. The minimum atomic E-state index is -0.965. The number of likely N-dealkylation sites (N-methyl/N-ethyl adjacent to an activating group) is 1. The van der Waals surface area contributed by atoms with Gasteiger partial charge in [-0.05, 0) is 68.0 Å². The van der Waals surface area contributed by atoms with Gasteiger partial charge in [0.1, 0.15) is 5.41 Å². The van der Waals surface area contributed by atoms with Crippen LogP contribution in [0.15, 0.2) is 36.7 Å². The van der Waals surface area contributed by atoms with E-state index in [1.54, 1.807) is 24.3 Å². The number of benzene rings is 1. The van der Waals surface area contributed by atoms with Gasteiger partial charge in [-0.1, -0.05) is 17.7 Å². The standard InChI is InChI=1S/C21H24ClN3O2/c1-14-12-15(2)18(17(22)13-14)24-19(26)21(7-8-21)20(27)25(3)11-6-16-4-9-23-10-5-16/h4-5,9-10,12-13H,6-8,11H2,1-3H3,(H,24,26). The van der Waals surface area contributed by atoms with E-state index in [9.17, 15) is 9.59 Å². The summed E-state index contributed by atoms with van der Waals surface area (Å²) in [4.78, 5) is 31.4. The van der Waals surface area contributed by atoms with Gasteiger partial charge in [-0.15, -0.1) is 0 Å². The van der Waals surface area contributed by atoms with Crippen LogP contribution in [0.2, 0.25) is 5.02 Å². The van der Waals surface area contributed by atoms with Crippen molar-refractivity contribution in [3.63, 3.8) is 0 Å². The fraction of sp³-hybridized carbons (Fsp3) is 0.381. The van der Waals surface area contributed by atoms with Gasteiger partial charge in [0, 0.05) is 26.0 Å². The molecule has 0 unspecified atom stereocenters. The van der Waals surface area contributed by atoms with Crippen molar-refractivity contribution in [3.8, 4) is 0 Å². The summed E-state index contributed by atoms with van der Waals surface area (Å²) in [5.41, 5.74) is 2.66. The van der Waals surface area contributed by atoms with Crippen LogP contribution < -0.4 is 5.32 Å². The monoisotopic (exact) mass is 385 g/mol. The van der Waals surface area contributed by atoms with E-state index in [0.29, 0.717) is 30.1 Å². The lowest BCUT2D eigenvalue weighted by Gasteiger charge is -2.23. The molecule has 2 aromatic rings. The SMILES string of the molecule is Cc1cc(C)c(NC(=O)C2(C(=O)N(C)CCc3ccncc3)CC2)c(Cl)c1. The summed E-state index contributed by atoms with van der Waals surface area (Å²) in [7, 11) is 1.75. The van der Waals surface area contributed by atoms with Crippen LogP contribution in [0.4, 0.5) is 5.69 Å². The predicted molar refractivity (Wildman–Crippen MR) is 107 cm³/mol. The first-order valence-electron chi connectivity index (χ1n) is 9.06. The quantitative estimate of drug-likeness (QED) is 0.770. The fourth-order valence-electron chi connectivity index (χ4n) is 3.28. The van der Waals surface area contributed by atoms with E-state index in [1.807, 2.05) is 38.1 Å². The number of halogens is 1. The number of pyridine rings is 1. The number of aryl methyl sites for hydroxylation is 2. The molecule has 0 atom stereocenters. The maximum Gasteiger partial charge on any atom is 0.240 e. The number of carbonyl (C=O) groups is 2. The zero-order valence-corrected chi connectivity index (χ0v) is 16.6. The number of hydrogen-bond donors (Lipinski definition) is 1. The number of hydrogen-bond acceptors (Lipinski definition) is 3. The Bertz CT molecular complexity index is 840. The number of nitrogens with one attached hydrogen (secondary N) is 1. The first-order valence-corrected chi connectivity index (χ1v) is 9.44. The molecule has 27 heavy (non-hydrogen) atoms. The third-order valence-electron chi connectivity index (χ3n) is 5.10. The summed E-state index contributed by atoms with van der Waals surface area (Å²) in [5.74, 6) is -0.396. The predicted octanol–water partition coefficient (Wildman–Crippen LogP) is 3.77. The second-order valence-corrected chi connectivity index (χ2v) is 7.71. The lowest BCUT2D eigenvalue weighted by molar-refractivity contribution is -0.141. The number of amides is 2. The average molecular weight is 386 g/mol. The largest absolute Gasteiger partial charge is 0.344 e. The molecule has 1 aliphatic carbocycles. The van der Waals surface area contributed by atoms with Gasteiger partial charge in [-0.2, -0.15) is 0 Å². The maximum atomic E-state index is 12.9. The summed E-state index contributed by atoms with van der Waals surface area (Å²) in [5, 5.41) is 3.39. The summed E-state index contributed by atoms with van der Waals surface area (Å²) in [6, 6.07) is 7.64. The molecule has 0 radical (unpaired) electrons. The zero-order chi connectivity index (χ0) is 19.6. The van der Waals surface area contributed by atoms with Gasteiger partial charge >= 0.3 is 0 Å². The third-order valence-corrected chi connectivity index (χ3v) is 5.39. The second-order valence-electron chi connectivity index (χ2n) is 7.31. The first-order chi connectivity index (χ1) is 12.8. The normalized spacial score (nSPS) is 14.5. The second kappa shape index (κ2) is 7.69. The van der Waals surface area contributed by atoms with Crippen LogP contribution in [0.3, 0.4) is 0 Å². The van der Waals surface area contributed by atoms with Gasteiger partial charge < -0.3 is 10.2 Å². The van der Waals surface area contributed by atoms with Gasteiger partial charge in [0.25, 0.3) is 0 Å². The number of anilines is 1. The fourth-order valence-corrected chi connectivity index (χ4v) is 3.65. The molecule has 5 nitrogen and oxygen atoms in total. The van der Waals surface area contributed by atoms with Gasteiger partial charge in [0.15, 0.2) is 0 Å². The maximum absolute atomic E-state index is 12.9. The van der Waals surface area contributed by atoms with Crippen LogP contribution in [-0.2, 0) is 16.0 Å². The van der Waals surface area contributed by atoms with E-state index in [2.05, 4.69) is 10.3 Å². The van der Waals surface area contributed by atoms with Crippen molar-refractivity contribution in [1.29, 1.82) is 0 Å². The number of carbonyl (C=O) groups excluding carboxylic acids is 2. The molecule has 0 bridgehead atoms. The van der Waals surface area contributed by atoms with E-state index in [1.165, 1.54) is 0 Å². The van der Waals surface area contributed by atoms with E-state index >= 15 is 0 Å². The van der Waals surface area contributed by atoms with Crippen molar-refractivity contribution in [3.05, 3.63) is 58.4 Å². The van der Waals surface area contributed by atoms with Crippen molar-refractivity contribution in [1.82, 2.24) is 9.88 Å². The Labute approximate surface area is 164 Å². The van der Waals surface area contributed by atoms with Crippen LogP contribution in [0.25, 0.3) is 0 Å². The Kier molecular flexibility index (Phi) is 5.51. The molecular formula is C21H24ClN3O2. The lowest BCUT2D eigenvalue weighted by atomic mass is 10.0. The van der Waals surface area contributed by atoms with E-state index in [4.69, 9.17) is 11.6 Å². The molecule has 0 aliphatic heterocycles. The van der Waals surface area contributed by atoms with E-state index in [0.717, 1.165) is 23.1 Å². The molecule has 0 saturated heterocycles. The molecule has 3 rings (SSSR count). The Morgan fingerprint density at radius 1 is 1.22 bits per heavy atom. The summed E-state index contributed by atoms with van der Waals surface area (Å²) in [6.45, 7) is 4.41. The molecule has 6 heteroatoms. The average Bonchev–Trinajstić information content (AvgIpc) is 3.44. The molecule has 1 heterocycles. The first kappa shape index (κ1) is 19.4. The van der Waals surface area contributed by atoms with Crippen molar-refractivity contribution < 1.29 is 9.59 Å². The zero-order valence-electron chi connectivity index (χ0n) is 15.9. The van der Waals surface area contributed by atoms with Crippen LogP contribution in [-0.4, -0.2) is 35.3 Å². The van der Waals surface area contributed by atoms with Crippen LogP contribution in [0.1, 0.15) is 29.5 Å². The molecular weight excluding hydrogens is 362 g/mol. The minimum Gasteiger partial charge on any atom is -0.344 e. The highest BCUT2D eigenvalue weighted by atomic mass is 35.5. The van der Waals surface area contributed by atoms with Crippen molar-refractivity contribution in [2.45, 2.75) is 33.1 Å². The highest BCUT2D eigenvalue weighted by Gasteiger charge is 2.57. The van der Waals surface area contributed by atoms with Gasteiger partial charge in [-0.3, -0.25) is 14.6 Å². The highest BCUT2D eigenvalue weighted by molar-refractivity contribution is 6.34. The molecule has 0 spiro atoms. The van der Waals surface area contributed by atoms with E-state index < -0.39 is 5.41 Å². The molecule has 2 amide bonds. The van der Waals surface area contributed by atoms with Gasteiger partial charge in [0.2, 0.25) is 11.8 Å². The van der Waals surface area contributed by atoms with Gasteiger partial charge in [0.05, 0.1) is 10.7 Å². The Morgan fingerprint density at radius 2 is 1.89 bits per heavy atom. The van der Waals surface area contributed by atoms with Gasteiger partial charge in [-0.25, -0.2) is 0 Å². The molecule has 1 fully saturated rings. The molecule has 1 saturated carbocycles. The third kappa shape index (κ3) is 4.14. The summed E-state index contributed by atoms with van der Waals surface area (Å²) >= 11 is 6.29. The Balaban J connectivity index is 1.67. The highest BCUT2D eigenvalue weighted by Crippen LogP contribution is 2.48. The van der Waals surface area contributed by atoms with Crippen LogP contribution >= 0.6 is 11.6 Å². The van der Waals surface area contributed by atoms with Crippen molar-refractivity contribution >= 4 is 29.1 Å². The minimum absolute atomic E-state index is 0.130. The smallest absolute Gasteiger partial charge is 0.240 e. The topological polar surface area (TPSA) is 62.3 Å². The number of nitrogens with zero attached hydrogens (tertiary/aromatic N) is 2. The Morgan fingerprint density at radius 3 is 2.48 bits per heavy atom. The lowest BCUT2D eigenvalue weighted by Crippen LogP contribution is -2.42. The molecule has 1 aromatic carbocycles. The number of rotatable bonds is 6. The van der Waals surface area contributed by atoms with Crippen LogP contribution in [0, 0.1) is 19.3 Å². The van der Waals surface area contributed by atoms with E-state index in [-0.39, 0.29) is 11.8 Å². The van der Waals surface area contributed by atoms with Crippen molar-refractivity contribution in [2.75, 3.05) is 18.9 Å². The molecule has 1 aromatic heterocycles.